The van der Waals surface area contributed by atoms with Crippen LogP contribution in [0.15, 0.2) is 52.0 Å². The number of carbonyl (C=O) groups is 1. The van der Waals surface area contributed by atoms with Crippen molar-refractivity contribution in [3.63, 3.8) is 0 Å². The zero-order valence-electron chi connectivity index (χ0n) is 14.6. The molecule has 4 nitrogen and oxygen atoms in total. The number of amides is 1. The average molecular weight is 403 g/mol. The molecule has 2 aromatic carbocycles. The van der Waals surface area contributed by atoms with Gasteiger partial charge in [0, 0.05) is 0 Å². The van der Waals surface area contributed by atoms with Gasteiger partial charge in [-0.15, -0.1) is 0 Å². The van der Waals surface area contributed by atoms with Crippen molar-refractivity contribution >= 4 is 28.1 Å². The third kappa shape index (κ3) is 6.35. The van der Waals surface area contributed by atoms with Gasteiger partial charge in [-0.3, -0.25) is 4.79 Å². The van der Waals surface area contributed by atoms with E-state index in [1.54, 1.807) is 6.21 Å². The normalized spacial score (nSPS) is 10.8. The summed E-state index contributed by atoms with van der Waals surface area (Å²) in [6.45, 7) is 4.16. The smallest absolute Gasteiger partial charge is 0.277 e. The summed E-state index contributed by atoms with van der Waals surface area (Å²) >= 11 is 3.48. The molecule has 0 spiro atoms. The van der Waals surface area contributed by atoms with E-state index >= 15 is 0 Å². The fourth-order valence-corrected chi connectivity index (χ4v) is 2.84. The van der Waals surface area contributed by atoms with Crippen LogP contribution in [0.3, 0.4) is 0 Å². The minimum Gasteiger partial charge on any atom is -0.483 e. The Labute approximate surface area is 157 Å². The van der Waals surface area contributed by atoms with Gasteiger partial charge >= 0.3 is 0 Å². The Hall–Kier alpha value is -2.14. The zero-order chi connectivity index (χ0) is 18.1. The predicted octanol–water partition coefficient (Wildman–Crippen LogP) is 4.49. The molecule has 0 saturated heterocycles. The first-order valence-electron chi connectivity index (χ1n) is 8.44. The Morgan fingerprint density at radius 1 is 1.16 bits per heavy atom. The zero-order valence-corrected chi connectivity index (χ0v) is 16.2. The van der Waals surface area contributed by atoms with Crippen molar-refractivity contribution in [2.24, 2.45) is 5.10 Å². The summed E-state index contributed by atoms with van der Waals surface area (Å²) in [5.74, 6) is 0.347. The van der Waals surface area contributed by atoms with Crippen LogP contribution in [-0.4, -0.2) is 18.7 Å². The van der Waals surface area contributed by atoms with Crippen molar-refractivity contribution in [2.75, 3.05) is 6.61 Å². The maximum absolute atomic E-state index is 11.8. The maximum Gasteiger partial charge on any atom is 0.277 e. The van der Waals surface area contributed by atoms with Crippen molar-refractivity contribution in [1.82, 2.24) is 5.43 Å². The van der Waals surface area contributed by atoms with Crippen molar-refractivity contribution in [3.05, 3.63) is 63.6 Å². The lowest BCUT2D eigenvalue weighted by Gasteiger charge is -2.08. The third-order valence-electron chi connectivity index (χ3n) is 3.68. The van der Waals surface area contributed by atoms with Crippen LogP contribution in [0.5, 0.6) is 5.75 Å². The Balaban J connectivity index is 1.81. The van der Waals surface area contributed by atoms with Gasteiger partial charge in [0.25, 0.3) is 5.91 Å². The second-order valence-electron chi connectivity index (χ2n) is 5.69. The maximum atomic E-state index is 11.8. The SMILES string of the molecule is CCCc1ccc(OCC(=O)N/N=C/c2ccc(CC)cc2)c(Br)c1. The lowest BCUT2D eigenvalue weighted by molar-refractivity contribution is -0.123. The minimum atomic E-state index is -0.300. The molecule has 2 aromatic rings. The fraction of sp³-hybridized carbons (Fsp3) is 0.300. The highest BCUT2D eigenvalue weighted by Crippen LogP contribution is 2.26. The van der Waals surface area contributed by atoms with Gasteiger partial charge in [-0.2, -0.15) is 5.10 Å². The number of rotatable bonds is 8. The van der Waals surface area contributed by atoms with Crippen LogP contribution >= 0.6 is 15.9 Å². The van der Waals surface area contributed by atoms with Crippen molar-refractivity contribution in [1.29, 1.82) is 0 Å². The monoisotopic (exact) mass is 402 g/mol. The molecular weight excluding hydrogens is 380 g/mol. The second-order valence-corrected chi connectivity index (χ2v) is 6.55. The van der Waals surface area contributed by atoms with E-state index < -0.39 is 0 Å². The number of nitrogens with zero attached hydrogens (tertiary/aromatic N) is 1. The Morgan fingerprint density at radius 3 is 2.52 bits per heavy atom. The molecule has 5 heteroatoms. The molecule has 132 valence electrons. The summed E-state index contributed by atoms with van der Waals surface area (Å²) in [6.07, 6.45) is 4.73. The van der Waals surface area contributed by atoms with E-state index in [2.05, 4.69) is 40.3 Å². The summed E-state index contributed by atoms with van der Waals surface area (Å²) in [7, 11) is 0. The quantitative estimate of drug-likeness (QED) is 0.522. The Kier molecular flexibility index (Phi) is 7.67. The molecule has 0 aliphatic rings. The first kappa shape index (κ1) is 19.2. The Bertz CT molecular complexity index is 727. The molecule has 0 aliphatic heterocycles. The van der Waals surface area contributed by atoms with Gasteiger partial charge < -0.3 is 4.74 Å². The largest absolute Gasteiger partial charge is 0.483 e. The van der Waals surface area contributed by atoms with E-state index in [0.29, 0.717) is 5.75 Å². The molecule has 0 bridgehead atoms. The van der Waals surface area contributed by atoms with E-state index in [-0.39, 0.29) is 12.5 Å². The molecule has 0 aromatic heterocycles. The molecule has 1 N–H and O–H groups in total. The molecular formula is C20H23BrN2O2. The van der Waals surface area contributed by atoms with Gasteiger partial charge in [0.15, 0.2) is 6.61 Å². The number of halogens is 1. The van der Waals surface area contributed by atoms with Gasteiger partial charge in [0.2, 0.25) is 0 Å². The number of aryl methyl sites for hydroxylation is 2. The standard InChI is InChI=1S/C20H23BrN2O2/c1-3-5-16-10-11-19(18(21)12-16)25-14-20(24)23-22-13-17-8-6-15(4-2)7-9-17/h6-13H,3-5,14H2,1-2H3,(H,23,24)/b22-13+. The van der Waals surface area contributed by atoms with Crippen LogP contribution < -0.4 is 10.2 Å². The van der Waals surface area contributed by atoms with E-state index in [1.165, 1.54) is 11.1 Å². The first-order chi connectivity index (χ1) is 12.1. The summed E-state index contributed by atoms with van der Waals surface area (Å²) in [4.78, 5) is 11.8. The van der Waals surface area contributed by atoms with E-state index in [1.807, 2.05) is 42.5 Å². The van der Waals surface area contributed by atoms with Gasteiger partial charge in [0.1, 0.15) is 5.75 Å². The van der Waals surface area contributed by atoms with E-state index in [4.69, 9.17) is 4.74 Å². The first-order valence-corrected chi connectivity index (χ1v) is 9.23. The molecule has 0 heterocycles. The number of hydrogen-bond donors (Lipinski definition) is 1. The second kappa shape index (κ2) is 9.99. The Morgan fingerprint density at radius 2 is 1.88 bits per heavy atom. The van der Waals surface area contributed by atoms with Gasteiger partial charge in [0.05, 0.1) is 10.7 Å². The van der Waals surface area contributed by atoms with Crippen LogP contribution in [0.1, 0.15) is 37.0 Å². The molecule has 0 saturated carbocycles. The van der Waals surface area contributed by atoms with Crippen molar-refractivity contribution in [3.8, 4) is 5.75 Å². The molecule has 2 rings (SSSR count). The van der Waals surface area contributed by atoms with E-state index in [0.717, 1.165) is 29.3 Å². The molecule has 25 heavy (non-hydrogen) atoms. The predicted molar refractivity (Wildman–Crippen MR) is 105 cm³/mol. The summed E-state index contributed by atoms with van der Waals surface area (Å²) < 4.78 is 6.38. The van der Waals surface area contributed by atoms with Crippen LogP contribution in [0, 0.1) is 0 Å². The number of ether oxygens (including phenoxy) is 1. The van der Waals surface area contributed by atoms with Crippen LogP contribution in [0.4, 0.5) is 0 Å². The number of hydrogen-bond acceptors (Lipinski definition) is 3. The molecule has 1 amide bonds. The highest BCUT2D eigenvalue weighted by Gasteiger charge is 2.06. The molecule has 0 fully saturated rings. The van der Waals surface area contributed by atoms with Gasteiger partial charge in [-0.25, -0.2) is 5.43 Å². The van der Waals surface area contributed by atoms with Crippen LogP contribution in [0.25, 0.3) is 0 Å². The lowest BCUT2D eigenvalue weighted by Crippen LogP contribution is -2.24. The van der Waals surface area contributed by atoms with Gasteiger partial charge in [-0.1, -0.05) is 50.6 Å². The highest BCUT2D eigenvalue weighted by molar-refractivity contribution is 9.10. The molecule has 0 unspecified atom stereocenters. The summed E-state index contributed by atoms with van der Waals surface area (Å²) in [5, 5.41) is 3.95. The van der Waals surface area contributed by atoms with E-state index in [9.17, 15) is 4.79 Å². The van der Waals surface area contributed by atoms with Crippen LogP contribution in [0.2, 0.25) is 0 Å². The summed E-state index contributed by atoms with van der Waals surface area (Å²) in [5.41, 5.74) is 5.92. The number of hydrazone groups is 1. The number of carbonyl (C=O) groups excluding carboxylic acids is 1. The molecule has 0 atom stereocenters. The minimum absolute atomic E-state index is 0.0855. The lowest BCUT2D eigenvalue weighted by atomic mass is 10.1. The van der Waals surface area contributed by atoms with Crippen LogP contribution in [-0.2, 0) is 17.6 Å². The van der Waals surface area contributed by atoms with Crippen molar-refractivity contribution < 1.29 is 9.53 Å². The fourth-order valence-electron chi connectivity index (χ4n) is 2.30. The van der Waals surface area contributed by atoms with Crippen molar-refractivity contribution in [2.45, 2.75) is 33.1 Å². The third-order valence-corrected chi connectivity index (χ3v) is 4.30. The highest BCUT2D eigenvalue weighted by atomic mass is 79.9. The molecule has 0 radical (unpaired) electrons. The molecule has 0 aliphatic carbocycles. The summed E-state index contributed by atoms with van der Waals surface area (Å²) in [6, 6.07) is 14.0. The van der Waals surface area contributed by atoms with Gasteiger partial charge in [-0.05, 0) is 57.6 Å². The number of benzene rings is 2. The number of nitrogens with one attached hydrogen (secondary N) is 1. The average Bonchev–Trinajstić information content (AvgIpc) is 2.62. The topological polar surface area (TPSA) is 50.7 Å².